The highest BCUT2D eigenvalue weighted by atomic mass is 32.2. The number of hydrogen-bond donors (Lipinski definition) is 1. The van der Waals surface area contributed by atoms with Gasteiger partial charge in [-0.1, -0.05) is 54.7 Å². The number of rotatable bonds is 9. The number of nitrogens with zero attached hydrogens (tertiary/aromatic N) is 3. The van der Waals surface area contributed by atoms with E-state index in [1.807, 2.05) is 18.2 Å². The fourth-order valence-corrected chi connectivity index (χ4v) is 6.06. The number of aromatic nitrogens is 2. The molecule has 1 aromatic heterocycles. The number of thiocarbonyl (C=S) groups is 1. The van der Waals surface area contributed by atoms with Crippen molar-refractivity contribution in [2.45, 2.75) is 58.0 Å². The van der Waals surface area contributed by atoms with Crippen LogP contribution >= 0.6 is 35.3 Å². The van der Waals surface area contributed by atoms with E-state index in [0.717, 1.165) is 36.3 Å². The highest BCUT2D eigenvalue weighted by Crippen LogP contribution is 2.36. The Kier molecular flexibility index (Phi) is 8.74. The molecule has 1 saturated carbocycles. The SMILES string of the molecule is CCCc1nnc(NC(=O)CN2C(=O)/C(=C/c3ccc(OC4CCCCC4)c(OC)c3)SC2=S)s1. The fraction of sp³-hybridized carbons (Fsp3) is 0.458. The maximum atomic E-state index is 13.0. The molecule has 0 spiro atoms. The second kappa shape index (κ2) is 12.0. The Morgan fingerprint density at radius 3 is 2.80 bits per heavy atom. The minimum Gasteiger partial charge on any atom is -0.493 e. The van der Waals surface area contributed by atoms with Gasteiger partial charge >= 0.3 is 0 Å². The number of benzene rings is 1. The highest BCUT2D eigenvalue weighted by molar-refractivity contribution is 8.26. The molecule has 2 aliphatic rings. The number of anilines is 1. The lowest BCUT2D eigenvalue weighted by atomic mass is 9.98. The molecule has 11 heteroatoms. The summed E-state index contributed by atoms with van der Waals surface area (Å²) in [6, 6.07) is 5.62. The number of hydrogen-bond acceptors (Lipinski definition) is 9. The van der Waals surface area contributed by atoms with Crippen LogP contribution in [0.2, 0.25) is 0 Å². The Labute approximate surface area is 218 Å². The molecule has 2 fully saturated rings. The standard InChI is InChI=1S/C24H28N4O4S3/c1-3-7-21-26-27-23(35-21)25-20(29)14-28-22(30)19(34-24(28)33)13-15-10-11-17(18(12-15)31-2)32-16-8-5-4-6-9-16/h10-13,16H,3-9,14H2,1-2H3,(H,25,27,29)/b19-13-. The van der Waals surface area contributed by atoms with Gasteiger partial charge in [0.25, 0.3) is 5.91 Å². The summed E-state index contributed by atoms with van der Waals surface area (Å²) in [6.45, 7) is 1.88. The first-order valence-electron chi connectivity index (χ1n) is 11.7. The summed E-state index contributed by atoms with van der Waals surface area (Å²) in [5, 5.41) is 12.0. The first-order valence-corrected chi connectivity index (χ1v) is 13.7. The number of amides is 2. The van der Waals surface area contributed by atoms with Crippen LogP contribution in [0.15, 0.2) is 23.1 Å². The van der Waals surface area contributed by atoms with Gasteiger partial charge in [-0.05, 0) is 55.9 Å². The molecule has 1 N–H and O–H groups in total. The van der Waals surface area contributed by atoms with E-state index in [0.29, 0.717) is 25.9 Å². The van der Waals surface area contributed by atoms with Crippen LogP contribution in [-0.4, -0.2) is 51.0 Å². The molecule has 1 aromatic carbocycles. The predicted octanol–water partition coefficient (Wildman–Crippen LogP) is 5.05. The van der Waals surface area contributed by atoms with Crippen LogP contribution in [0.5, 0.6) is 11.5 Å². The zero-order chi connectivity index (χ0) is 24.8. The lowest BCUT2D eigenvalue weighted by Gasteiger charge is -2.24. The topological polar surface area (TPSA) is 93.7 Å². The van der Waals surface area contributed by atoms with E-state index in [4.69, 9.17) is 21.7 Å². The van der Waals surface area contributed by atoms with Gasteiger partial charge in [0, 0.05) is 6.42 Å². The molecule has 2 amide bonds. The van der Waals surface area contributed by atoms with Gasteiger partial charge in [0.05, 0.1) is 18.1 Å². The van der Waals surface area contributed by atoms with E-state index in [1.165, 1.54) is 47.3 Å². The largest absolute Gasteiger partial charge is 0.493 e. The van der Waals surface area contributed by atoms with Crippen molar-refractivity contribution in [2.75, 3.05) is 19.0 Å². The van der Waals surface area contributed by atoms with Crippen molar-refractivity contribution in [3.63, 3.8) is 0 Å². The minimum atomic E-state index is -0.368. The third-order valence-corrected chi connectivity index (χ3v) is 7.96. The molecule has 186 valence electrons. The van der Waals surface area contributed by atoms with Crippen molar-refractivity contribution in [1.82, 2.24) is 15.1 Å². The quantitative estimate of drug-likeness (QED) is 0.354. The van der Waals surface area contributed by atoms with Crippen LogP contribution in [0.1, 0.15) is 56.0 Å². The molecule has 1 aliphatic heterocycles. The zero-order valence-electron chi connectivity index (χ0n) is 19.7. The van der Waals surface area contributed by atoms with E-state index in [2.05, 4.69) is 22.4 Å². The maximum absolute atomic E-state index is 13.0. The van der Waals surface area contributed by atoms with Crippen molar-refractivity contribution in [3.05, 3.63) is 33.7 Å². The molecule has 2 heterocycles. The van der Waals surface area contributed by atoms with Gasteiger partial charge in [-0.3, -0.25) is 19.8 Å². The van der Waals surface area contributed by atoms with Crippen LogP contribution in [-0.2, 0) is 16.0 Å². The summed E-state index contributed by atoms with van der Waals surface area (Å²) < 4.78 is 12.0. The van der Waals surface area contributed by atoms with Crippen molar-refractivity contribution < 1.29 is 19.1 Å². The van der Waals surface area contributed by atoms with Crippen LogP contribution < -0.4 is 14.8 Å². The van der Waals surface area contributed by atoms with Gasteiger partial charge in [-0.25, -0.2) is 0 Å². The number of carbonyl (C=O) groups is 2. The van der Waals surface area contributed by atoms with Crippen LogP contribution in [0.4, 0.5) is 5.13 Å². The molecular weight excluding hydrogens is 504 g/mol. The van der Waals surface area contributed by atoms with E-state index in [-0.39, 0.29) is 24.5 Å². The Morgan fingerprint density at radius 1 is 1.26 bits per heavy atom. The monoisotopic (exact) mass is 532 g/mol. The second-order valence-corrected chi connectivity index (χ2v) is 11.1. The Bertz CT molecular complexity index is 1130. The third kappa shape index (κ3) is 6.59. The van der Waals surface area contributed by atoms with Gasteiger partial charge in [0.15, 0.2) is 11.5 Å². The van der Waals surface area contributed by atoms with E-state index in [9.17, 15) is 9.59 Å². The molecule has 0 bridgehead atoms. The Morgan fingerprint density at radius 2 is 2.06 bits per heavy atom. The van der Waals surface area contributed by atoms with Crippen LogP contribution in [0, 0.1) is 0 Å². The summed E-state index contributed by atoms with van der Waals surface area (Å²) in [7, 11) is 1.61. The van der Waals surface area contributed by atoms with Gasteiger partial charge in [0.2, 0.25) is 11.0 Å². The lowest BCUT2D eigenvalue weighted by molar-refractivity contribution is -0.126. The summed E-state index contributed by atoms with van der Waals surface area (Å²) in [5.41, 5.74) is 0.792. The molecule has 0 radical (unpaired) electrons. The highest BCUT2D eigenvalue weighted by Gasteiger charge is 2.33. The molecule has 0 unspecified atom stereocenters. The minimum absolute atomic E-state index is 0.178. The maximum Gasteiger partial charge on any atom is 0.266 e. The van der Waals surface area contributed by atoms with Gasteiger partial charge in [0.1, 0.15) is 15.9 Å². The summed E-state index contributed by atoms with van der Waals surface area (Å²) >= 11 is 7.88. The van der Waals surface area contributed by atoms with Crippen molar-refractivity contribution in [1.29, 1.82) is 0 Å². The smallest absolute Gasteiger partial charge is 0.266 e. The molecule has 4 rings (SSSR count). The van der Waals surface area contributed by atoms with E-state index < -0.39 is 0 Å². The first kappa shape index (κ1) is 25.6. The number of ether oxygens (including phenoxy) is 2. The first-order chi connectivity index (χ1) is 17.0. The lowest BCUT2D eigenvalue weighted by Crippen LogP contribution is -2.36. The Hall–Kier alpha value is -2.50. The van der Waals surface area contributed by atoms with Crippen LogP contribution in [0.25, 0.3) is 6.08 Å². The van der Waals surface area contributed by atoms with Gasteiger partial charge in [-0.2, -0.15) is 0 Å². The summed E-state index contributed by atoms with van der Waals surface area (Å²) in [5.74, 6) is 0.659. The average molecular weight is 533 g/mol. The van der Waals surface area contributed by atoms with E-state index in [1.54, 1.807) is 13.2 Å². The number of nitrogens with one attached hydrogen (secondary N) is 1. The molecule has 1 aliphatic carbocycles. The van der Waals surface area contributed by atoms with E-state index >= 15 is 0 Å². The van der Waals surface area contributed by atoms with Gasteiger partial charge < -0.3 is 9.47 Å². The van der Waals surface area contributed by atoms with Crippen LogP contribution in [0.3, 0.4) is 0 Å². The number of carbonyl (C=O) groups excluding carboxylic acids is 2. The van der Waals surface area contributed by atoms with Crippen molar-refractivity contribution in [2.24, 2.45) is 0 Å². The third-order valence-electron chi connectivity index (χ3n) is 5.68. The van der Waals surface area contributed by atoms with Crippen molar-refractivity contribution in [3.8, 4) is 11.5 Å². The molecule has 8 nitrogen and oxygen atoms in total. The fourth-order valence-electron chi connectivity index (χ4n) is 3.94. The van der Waals surface area contributed by atoms with Gasteiger partial charge in [-0.15, -0.1) is 10.2 Å². The second-order valence-electron chi connectivity index (χ2n) is 8.36. The molecule has 1 saturated heterocycles. The number of methoxy groups -OCH3 is 1. The molecule has 0 atom stereocenters. The zero-order valence-corrected chi connectivity index (χ0v) is 22.2. The van der Waals surface area contributed by atoms with Crippen molar-refractivity contribution >= 4 is 62.7 Å². The molecule has 35 heavy (non-hydrogen) atoms. The predicted molar refractivity (Wildman–Crippen MR) is 143 cm³/mol. The average Bonchev–Trinajstić information content (AvgIpc) is 3.39. The Balaban J connectivity index is 1.40. The summed E-state index contributed by atoms with van der Waals surface area (Å²) in [6.07, 6.45) is 9.48. The summed E-state index contributed by atoms with van der Waals surface area (Å²) in [4.78, 5) is 27.2. The number of aryl methyl sites for hydroxylation is 1. The molecular formula is C24H28N4O4S3. The molecule has 2 aromatic rings. The number of thioether (sulfide) groups is 1. The normalized spacial score (nSPS) is 17.8.